The maximum atomic E-state index is 12.8. The molecule has 0 spiro atoms. The number of ether oxygens (including phenoxy) is 1. The minimum atomic E-state index is -0.377. The Bertz CT molecular complexity index is 501. The minimum Gasteiger partial charge on any atom is -0.378 e. The molecule has 1 aromatic carbocycles. The summed E-state index contributed by atoms with van der Waals surface area (Å²) in [7, 11) is 0. The highest BCUT2D eigenvalue weighted by atomic mass is 19.1. The van der Waals surface area contributed by atoms with Crippen LogP contribution in [-0.2, 0) is 9.53 Å². The number of hydrogen-bond acceptors (Lipinski definition) is 3. The summed E-state index contributed by atoms with van der Waals surface area (Å²) >= 11 is 0. The van der Waals surface area contributed by atoms with Crippen LogP contribution in [0.2, 0.25) is 0 Å². The van der Waals surface area contributed by atoms with E-state index >= 15 is 0 Å². The van der Waals surface area contributed by atoms with Gasteiger partial charge in [-0.2, -0.15) is 0 Å². The van der Waals surface area contributed by atoms with Crippen molar-refractivity contribution >= 4 is 11.7 Å². The maximum absolute atomic E-state index is 12.8. The van der Waals surface area contributed by atoms with Crippen molar-refractivity contribution in [2.24, 2.45) is 0 Å². The second-order valence-corrected chi connectivity index (χ2v) is 5.40. The van der Waals surface area contributed by atoms with Crippen molar-refractivity contribution in [2.45, 2.75) is 44.8 Å². The molecule has 1 fully saturated rings. The number of benzene rings is 1. The van der Waals surface area contributed by atoms with Gasteiger partial charge in [0.15, 0.2) is 5.78 Å². The van der Waals surface area contributed by atoms with Gasteiger partial charge in [0.05, 0.1) is 6.10 Å². The standard InChI is InChI=1S/C16H20FNO3/c1-11-10-14(8-9-21-11)18-16(20)7-6-15(19)12-2-4-13(17)5-3-12/h2-5,11,14H,6-10H2,1H3,(H,18,20)/t11-,14+/m0/s1. The molecule has 0 bridgehead atoms. The molecule has 1 aliphatic rings. The molecule has 1 saturated heterocycles. The van der Waals surface area contributed by atoms with E-state index in [0.29, 0.717) is 12.2 Å². The summed E-state index contributed by atoms with van der Waals surface area (Å²) in [5.41, 5.74) is 0.434. The van der Waals surface area contributed by atoms with Gasteiger partial charge in [0.25, 0.3) is 0 Å². The molecule has 1 aliphatic heterocycles. The molecular formula is C16H20FNO3. The topological polar surface area (TPSA) is 55.4 Å². The molecule has 1 amide bonds. The van der Waals surface area contributed by atoms with Crippen molar-refractivity contribution in [2.75, 3.05) is 6.61 Å². The van der Waals surface area contributed by atoms with E-state index in [1.165, 1.54) is 24.3 Å². The van der Waals surface area contributed by atoms with Gasteiger partial charge in [-0.15, -0.1) is 0 Å². The van der Waals surface area contributed by atoms with E-state index in [9.17, 15) is 14.0 Å². The first-order chi connectivity index (χ1) is 10.0. The first kappa shape index (κ1) is 15.6. The van der Waals surface area contributed by atoms with Crippen molar-refractivity contribution in [1.29, 1.82) is 0 Å². The number of rotatable bonds is 5. The van der Waals surface area contributed by atoms with E-state index in [0.717, 1.165) is 12.8 Å². The average Bonchev–Trinajstić information content (AvgIpc) is 2.45. The lowest BCUT2D eigenvalue weighted by Gasteiger charge is -2.27. The number of halogens is 1. The molecule has 1 aromatic rings. The molecule has 0 aliphatic carbocycles. The normalized spacial score (nSPS) is 21.8. The fourth-order valence-corrected chi connectivity index (χ4v) is 2.44. The number of hydrogen-bond donors (Lipinski definition) is 1. The highest BCUT2D eigenvalue weighted by Crippen LogP contribution is 2.13. The van der Waals surface area contributed by atoms with Gasteiger partial charge in [0, 0.05) is 31.1 Å². The summed E-state index contributed by atoms with van der Waals surface area (Å²) in [6.45, 7) is 2.64. The van der Waals surface area contributed by atoms with Gasteiger partial charge in [-0.3, -0.25) is 9.59 Å². The van der Waals surface area contributed by atoms with Crippen LogP contribution in [0.5, 0.6) is 0 Å². The zero-order valence-electron chi connectivity index (χ0n) is 12.1. The SMILES string of the molecule is C[C@H]1C[C@H](NC(=O)CCC(=O)c2ccc(F)cc2)CCO1. The molecule has 1 N–H and O–H groups in total. The molecule has 2 rings (SSSR count). The molecule has 0 aromatic heterocycles. The Morgan fingerprint density at radius 3 is 2.67 bits per heavy atom. The first-order valence-corrected chi connectivity index (χ1v) is 7.24. The molecular weight excluding hydrogens is 273 g/mol. The Morgan fingerprint density at radius 1 is 1.29 bits per heavy atom. The van der Waals surface area contributed by atoms with Gasteiger partial charge in [-0.1, -0.05) is 0 Å². The maximum Gasteiger partial charge on any atom is 0.220 e. The van der Waals surface area contributed by atoms with Crippen molar-refractivity contribution in [1.82, 2.24) is 5.32 Å². The molecule has 5 heteroatoms. The molecule has 0 radical (unpaired) electrons. The van der Waals surface area contributed by atoms with Gasteiger partial charge in [-0.05, 0) is 44.0 Å². The second kappa shape index (κ2) is 7.31. The zero-order chi connectivity index (χ0) is 15.2. The fourth-order valence-electron chi connectivity index (χ4n) is 2.44. The van der Waals surface area contributed by atoms with Crippen molar-refractivity contribution in [3.8, 4) is 0 Å². The number of amides is 1. The van der Waals surface area contributed by atoms with E-state index < -0.39 is 0 Å². The first-order valence-electron chi connectivity index (χ1n) is 7.24. The Hall–Kier alpha value is -1.75. The number of Topliss-reactive ketones (excluding diaryl/α,β-unsaturated/α-hetero) is 1. The summed E-state index contributed by atoms with van der Waals surface area (Å²) in [4.78, 5) is 23.7. The monoisotopic (exact) mass is 293 g/mol. The molecule has 4 nitrogen and oxygen atoms in total. The van der Waals surface area contributed by atoms with E-state index in [-0.39, 0.29) is 42.5 Å². The lowest BCUT2D eigenvalue weighted by atomic mass is 10.0. The second-order valence-electron chi connectivity index (χ2n) is 5.40. The van der Waals surface area contributed by atoms with Crippen LogP contribution in [0.25, 0.3) is 0 Å². The molecule has 114 valence electrons. The van der Waals surface area contributed by atoms with Gasteiger partial charge < -0.3 is 10.1 Å². The third kappa shape index (κ3) is 4.93. The van der Waals surface area contributed by atoms with E-state index in [2.05, 4.69) is 5.32 Å². The van der Waals surface area contributed by atoms with Crippen LogP contribution in [0.15, 0.2) is 24.3 Å². The smallest absolute Gasteiger partial charge is 0.220 e. The predicted molar refractivity (Wildman–Crippen MR) is 76.5 cm³/mol. The molecule has 0 saturated carbocycles. The van der Waals surface area contributed by atoms with Crippen LogP contribution in [-0.4, -0.2) is 30.4 Å². The molecule has 2 atom stereocenters. The predicted octanol–water partition coefficient (Wildman–Crippen LogP) is 2.47. The summed E-state index contributed by atoms with van der Waals surface area (Å²) in [5.74, 6) is -0.645. The Morgan fingerprint density at radius 2 is 2.00 bits per heavy atom. The zero-order valence-corrected chi connectivity index (χ0v) is 12.1. The van der Waals surface area contributed by atoms with Crippen LogP contribution in [0, 0.1) is 5.82 Å². The Balaban J connectivity index is 1.75. The molecule has 21 heavy (non-hydrogen) atoms. The van der Waals surface area contributed by atoms with Crippen molar-refractivity contribution in [3.05, 3.63) is 35.6 Å². The highest BCUT2D eigenvalue weighted by molar-refractivity contribution is 5.97. The highest BCUT2D eigenvalue weighted by Gasteiger charge is 2.21. The van der Waals surface area contributed by atoms with Crippen LogP contribution < -0.4 is 5.32 Å². The summed E-state index contributed by atoms with van der Waals surface area (Å²) in [5, 5.41) is 2.93. The van der Waals surface area contributed by atoms with Crippen LogP contribution >= 0.6 is 0 Å². The van der Waals surface area contributed by atoms with Gasteiger partial charge in [0.2, 0.25) is 5.91 Å². The summed E-state index contributed by atoms with van der Waals surface area (Å²) in [6, 6.07) is 5.50. The van der Waals surface area contributed by atoms with Crippen LogP contribution in [0.4, 0.5) is 4.39 Å². The number of nitrogens with one attached hydrogen (secondary N) is 1. The third-order valence-corrected chi connectivity index (χ3v) is 3.60. The summed E-state index contributed by atoms with van der Waals surface area (Å²) in [6.07, 6.45) is 2.06. The van der Waals surface area contributed by atoms with Crippen LogP contribution in [0.3, 0.4) is 0 Å². The Kier molecular flexibility index (Phi) is 5.44. The van der Waals surface area contributed by atoms with Crippen LogP contribution in [0.1, 0.15) is 43.0 Å². The Labute approximate surface area is 123 Å². The van der Waals surface area contributed by atoms with Gasteiger partial charge in [-0.25, -0.2) is 4.39 Å². The average molecular weight is 293 g/mol. The molecule has 0 unspecified atom stereocenters. The van der Waals surface area contributed by atoms with Crippen molar-refractivity contribution in [3.63, 3.8) is 0 Å². The van der Waals surface area contributed by atoms with E-state index in [4.69, 9.17) is 4.74 Å². The van der Waals surface area contributed by atoms with E-state index in [1.807, 2.05) is 6.92 Å². The van der Waals surface area contributed by atoms with Gasteiger partial charge >= 0.3 is 0 Å². The fraction of sp³-hybridized carbons (Fsp3) is 0.500. The third-order valence-electron chi connectivity index (χ3n) is 3.60. The largest absolute Gasteiger partial charge is 0.378 e. The van der Waals surface area contributed by atoms with Crippen molar-refractivity contribution < 1.29 is 18.7 Å². The quantitative estimate of drug-likeness (QED) is 0.849. The number of ketones is 1. The lowest BCUT2D eigenvalue weighted by Crippen LogP contribution is -2.41. The lowest BCUT2D eigenvalue weighted by molar-refractivity contribution is -0.122. The van der Waals surface area contributed by atoms with E-state index in [1.54, 1.807) is 0 Å². The summed E-state index contributed by atoms with van der Waals surface area (Å²) < 4.78 is 18.2. The number of carbonyl (C=O) groups is 2. The molecule has 1 heterocycles. The number of carbonyl (C=O) groups excluding carboxylic acids is 2. The van der Waals surface area contributed by atoms with Gasteiger partial charge in [0.1, 0.15) is 5.82 Å². The minimum absolute atomic E-state index is 0.121.